The van der Waals surface area contributed by atoms with Crippen LogP contribution in [0.5, 0.6) is 0 Å². The van der Waals surface area contributed by atoms with E-state index in [1.807, 2.05) is 0 Å². The number of hydrogen-bond acceptors (Lipinski definition) is 3. The summed E-state index contributed by atoms with van der Waals surface area (Å²) < 4.78 is 5.03. The Morgan fingerprint density at radius 2 is 1.81 bits per heavy atom. The summed E-state index contributed by atoms with van der Waals surface area (Å²) in [5, 5.41) is 2.78. The number of amides is 1. The first kappa shape index (κ1) is 26.9. The molecule has 1 amide bonds. The van der Waals surface area contributed by atoms with E-state index in [0.29, 0.717) is 5.92 Å². The van der Waals surface area contributed by atoms with E-state index in [9.17, 15) is 4.79 Å². The van der Waals surface area contributed by atoms with Crippen molar-refractivity contribution < 1.29 is 60.9 Å². The van der Waals surface area contributed by atoms with Gasteiger partial charge in [0.15, 0.2) is 0 Å². The van der Waals surface area contributed by atoms with Crippen molar-refractivity contribution in [3.8, 4) is 0 Å². The van der Waals surface area contributed by atoms with Crippen molar-refractivity contribution in [2.24, 2.45) is 5.92 Å². The van der Waals surface area contributed by atoms with E-state index >= 15 is 0 Å². The van der Waals surface area contributed by atoms with Crippen LogP contribution in [0.2, 0.25) is 0 Å². The molecule has 0 radical (unpaired) electrons. The van der Waals surface area contributed by atoms with E-state index in [1.54, 1.807) is 7.11 Å². The first-order valence-corrected chi connectivity index (χ1v) is 7.66. The number of hydrogen-bond donors (Lipinski definition) is 1. The molecule has 122 valence electrons. The molecule has 1 rings (SSSR count). The third kappa shape index (κ3) is 17.2. The first-order chi connectivity index (χ1) is 9.28. The third-order valence-electron chi connectivity index (χ3n) is 3.27. The van der Waals surface area contributed by atoms with Gasteiger partial charge in [0.05, 0.1) is 0 Å². The van der Waals surface area contributed by atoms with Gasteiger partial charge in [-0.15, -0.1) is 0 Å². The number of unbranched alkanes of at least 4 members (excludes halogenated alkanes) is 1. The number of carbonyl (C=O) groups excluding carboxylic acids is 1. The van der Waals surface area contributed by atoms with Gasteiger partial charge in [0.2, 0.25) is 6.41 Å². The fourth-order valence-electron chi connectivity index (χ4n) is 2.21. The summed E-state index contributed by atoms with van der Waals surface area (Å²) in [5.41, 5.74) is 0. The monoisotopic (exact) mass is 326 g/mol. The molecule has 1 N–H and O–H groups in total. The maximum Gasteiger partial charge on any atom is 1.00 e. The van der Waals surface area contributed by atoms with Gasteiger partial charge < -0.3 is 22.4 Å². The largest absolute Gasteiger partial charge is 1.00 e. The van der Waals surface area contributed by atoms with Crippen LogP contribution in [0.1, 0.15) is 46.0 Å². The zero-order valence-electron chi connectivity index (χ0n) is 15.0. The van der Waals surface area contributed by atoms with Crippen molar-refractivity contribution in [1.29, 1.82) is 0 Å². The number of ether oxygens (including phenoxy) is 1. The molecule has 0 atom stereocenters. The van der Waals surface area contributed by atoms with Crippen LogP contribution in [0.4, 0.5) is 0 Å². The molecule has 0 aromatic heterocycles. The number of nitrogens with one attached hydrogen (secondary N) is 1. The number of nitrogens with zero attached hydrogens (tertiary/aromatic N) is 1. The molecule has 0 unspecified atom stereocenters. The Labute approximate surface area is 175 Å². The number of carbonyl (C=O) groups is 1. The zero-order valence-corrected chi connectivity index (χ0v) is 18.1. The predicted molar refractivity (Wildman–Crippen MR) is 86.7 cm³/mol. The Kier molecular flexibility index (Phi) is 26.9. The van der Waals surface area contributed by atoms with E-state index in [1.165, 1.54) is 45.3 Å². The number of likely N-dealkylation sites (tertiary alicyclic amines) is 1. The predicted octanol–water partition coefficient (Wildman–Crippen LogP) is -0.258. The summed E-state index contributed by atoms with van der Waals surface area (Å²) in [5.74, 6) is 0.681. The van der Waals surface area contributed by atoms with E-state index in [-0.39, 0.29) is 58.8 Å². The van der Waals surface area contributed by atoms with Crippen LogP contribution in [0.3, 0.4) is 0 Å². The molecule has 0 saturated carbocycles. The molecule has 0 aliphatic carbocycles. The van der Waals surface area contributed by atoms with Crippen LogP contribution >= 0.6 is 0 Å². The average Bonchev–Trinajstić information content (AvgIpc) is 2.43. The third-order valence-corrected chi connectivity index (χ3v) is 3.27. The number of piperidine rings is 1. The molecule has 1 aliphatic rings. The Bertz CT molecular complexity index is 199. The topological polar surface area (TPSA) is 41.6 Å². The van der Waals surface area contributed by atoms with Crippen molar-refractivity contribution in [3.63, 3.8) is 0 Å². The van der Waals surface area contributed by atoms with Gasteiger partial charge in [-0.1, -0.05) is 20.3 Å². The van der Waals surface area contributed by atoms with Crippen molar-refractivity contribution in [1.82, 2.24) is 10.2 Å². The second-order valence-corrected chi connectivity index (χ2v) is 5.22. The molecular weight excluding hydrogens is 291 g/mol. The Morgan fingerprint density at radius 3 is 2.29 bits per heavy atom. The summed E-state index contributed by atoms with van der Waals surface area (Å²) >= 11 is 0. The maximum absolute atomic E-state index is 10.2. The summed E-state index contributed by atoms with van der Waals surface area (Å²) in [7, 11) is 1.76. The first-order valence-electron chi connectivity index (χ1n) is 7.66. The van der Waals surface area contributed by atoms with Crippen LogP contribution in [0.15, 0.2) is 0 Å². The minimum Gasteiger partial charge on any atom is -0.385 e. The van der Waals surface area contributed by atoms with Gasteiger partial charge in [0, 0.05) is 20.3 Å². The Hall–Kier alpha value is 1.03. The van der Waals surface area contributed by atoms with E-state index in [4.69, 9.17) is 4.74 Å². The van der Waals surface area contributed by atoms with Crippen LogP contribution < -0.4 is 56.7 Å². The molecule has 1 saturated heterocycles. The molecule has 21 heavy (non-hydrogen) atoms. The van der Waals surface area contributed by atoms with E-state index < -0.39 is 0 Å². The van der Waals surface area contributed by atoms with Crippen molar-refractivity contribution in [2.75, 3.05) is 39.9 Å². The normalized spacial score (nSPS) is 15.0. The van der Waals surface area contributed by atoms with Crippen LogP contribution in [0, 0.1) is 13.3 Å². The molecule has 1 aliphatic heterocycles. The van der Waals surface area contributed by atoms with Crippen LogP contribution in [-0.4, -0.2) is 51.2 Å². The quantitative estimate of drug-likeness (QED) is 0.289. The van der Waals surface area contributed by atoms with Crippen LogP contribution in [-0.2, 0) is 9.53 Å². The van der Waals surface area contributed by atoms with Gasteiger partial charge in [-0.3, -0.25) is 4.79 Å². The number of rotatable bonds is 8. The molecule has 0 bridgehead atoms. The number of methoxy groups -OCH3 is 1. The fraction of sp³-hybridized carbons (Fsp3) is 0.875. The molecule has 0 spiro atoms. The smallest absolute Gasteiger partial charge is 0.385 e. The molecule has 4 nitrogen and oxygen atoms in total. The van der Waals surface area contributed by atoms with Gasteiger partial charge in [-0.25, -0.2) is 0 Å². The summed E-state index contributed by atoms with van der Waals surface area (Å²) in [6, 6.07) is 0. The molecule has 5 heteroatoms. The molecular formula is C16H35KN2O2. The van der Waals surface area contributed by atoms with Gasteiger partial charge >= 0.3 is 51.4 Å². The molecule has 0 aromatic carbocycles. The SMILES string of the molecule is CCC.COCCCCN1CCC(CNC=O)CC1.[CH3-].[K+]. The average molecular weight is 327 g/mol. The molecule has 0 aromatic rings. The van der Waals surface area contributed by atoms with Crippen molar-refractivity contribution >= 4 is 6.41 Å². The fourth-order valence-corrected chi connectivity index (χ4v) is 2.21. The summed E-state index contributed by atoms with van der Waals surface area (Å²) in [4.78, 5) is 12.7. The minimum atomic E-state index is 0. The van der Waals surface area contributed by atoms with E-state index in [2.05, 4.69) is 24.1 Å². The van der Waals surface area contributed by atoms with Crippen LogP contribution in [0.25, 0.3) is 0 Å². The van der Waals surface area contributed by atoms with Gasteiger partial charge in [0.25, 0.3) is 0 Å². The molecule has 1 fully saturated rings. The van der Waals surface area contributed by atoms with Gasteiger partial charge in [-0.05, 0) is 51.2 Å². The summed E-state index contributed by atoms with van der Waals surface area (Å²) in [6.07, 6.45) is 6.86. The van der Waals surface area contributed by atoms with Gasteiger partial charge in [0.1, 0.15) is 0 Å². The van der Waals surface area contributed by atoms with Gasteiger partial charge in [-0.2, -0.15) is 0 Å². The Morgan fingerprint density at radius 1 is 1.24 bits per heavy atom. The van der Waals surface area contributed by atoms with E-state index in [0.717, 1.165) is 26.0 Å². The maximum atomic E-state index is 10.2. The zero-order chi connectivity index (χ0) is 14.3. The minimum absolute atomic E-state index is 0. The standard InChI is InChI=1S/C12H24N2O2.C3H8.CH3.K/c1-16-9-3-2-6-14-7-4-12(5-8-14)10-13-11-15;1-3-2;;/h11-12H,2-10H2,1H3,(H,13,15);3H2,1-2H3;1H3;/q;;-1;+1. The molecule has 1 heterocycles. The summed E-state index contributed by atoms with van der Waals surface area (Å²) in [6.45, 7) is 9.52. The van der Waals surface area contributed by atoms with Crippen molar-refractivity contribution in [2.45, 2.75) is 46.0 Å². The van der Waals surface area contributed by atoms with Crippen molar-refractivity contribution in [3.05, 3.63) is 7.43 Å². The second kappa shape index (κ2) is 21.0. The Balaban J connectivity index is -0.000000596. The second-order valence-electron chi connectivity index (χ2n) is 5.22.